The van der Waals surface area contributed by atoms with Crippen LogP contribution >= 0.6 is 23.2 Å². The van der Waals surface area contributed by atoms with Crippen molar-refractivity contribution in [2.24, 2.45) is 4.99 Å². The zero-order valence-corrected chi connectivity index (χ0v) is 13.3. The summed E-state index contributed by atoms with van der Waals surface area (Å²) in [6.45, 7) is 0. The standard InChI is InChI=1S/C13H7Cl2N9/c14-11-19-8(7-1-2-16-5-7)18-9(20-11)10-21-12(15)23-13(22-10)24-4-3-17-6-24/h1-7H. The molecule has 0 amide bonds. The first-order chi connectivity index (χ1) is 11.7. The lowest BCUT2D eigenvalue weighted by molar-refractivity contribution is 0.869. The Morgan fingerprint density at radius 3 is 2.42 bits per heavy atom. The van der Waals surface area contributed by atoms with Gasteiger partial charge in [0, 0.05) is 24.8 Å². The Morgan fingerprint density at radius 2 is 1.71 bits per heavy atom. The first-order valence-electron chi connectivity index (χ1n) is 6.71. The minimum Gasteiger partial charge on any atom is -0.274 e. The van der Waals surface area contributed by atoms with Gasteiger partial charge in [-0.05, 0) is 23.2 Å². The lowest BCUT2D eigenvalue weighted by Crippen LogP contribution is -2.09. The molecule has 1 aliphatic heterocycles. The SMILES string of the molecule is Clc1nc(-c2nc(Cl)nc(-n3ccnc3)n2)nc(C2C=CN=C2)n1. The van der Waals surface area contributed by atoms with E-state index < -0.39 is 0 Å². The molecule has 0 N–H and O–H groups in total. The van der Waals surface area contributed by atoms with Gasteiger partial charge in [0.15, 0.2) is 0 Å². The maximum Gasteiger partial charge on any atom is 0.239 e. The number of aromatic nitrogens is 8. The van der Waals surface area contributed by atoms with Gasteiger partial charge in [0.1, 0.15) is 12.2 Å². The Bertz CT molecular complexity index is 940. The highest BCUT2D eigenvalue weighted by Crippen LogP contribution is 2.20. The molecular formula is C13H7Cl2N9. The maximum absolute atomic E-state index is 6.01. The first-order valence-corrected chi connectivity index (χ1v) is 7.46. The fourth-order valence-electron chi connectivity index (χ4n) is 2.03. The second-order valence-corrected chi connectivity index (χ2v) is 5.33. The van der Waals surface area contributed by atoms with E-state index in [1.54, 1.807) is 35.7 Å². The van der Waals surface area contributed by atoms with Crippen LogP contribution in [0.5, 0.6) is 0 Å². The number of hydrogen-bond acceptors (Lipinski definition) is 8. The molecule has 118 valence electrons. The summed E-state index contributed by atoms with van der Waals surface area (Å²) in [5.74, 6) is 0.952. The molecule has 1 unspecified atom stereocenters. The Hall–Kier alpha value is -2.78. The van der Waals surface area contributed by atoms with Crippen LogP contribution in [-0.2, 0) is 0 Å². The van der Waals surface area contributed by atoms with Gasteiger partial charge < -0.3 is 0 Å². The summed E-state index contributed by atoms with van der Waals surface area (Å²) in [7, 11) is 0. The van der Waals surface area contributed by atoms with Crippen LogP contribution in [0.1, 0.15) is 11.7 Å². The Morgan fingerprint density at radius 1 is 0.917 bits per heavy atom. The lowest BCUT2D eigenvalue weighted by Gasteiger charge is -2.07. The van der Waals surface area contributed by atoms with Crippen molar-refractivity contribution in [2.75, 3.05) is 0 Å². The van der Waals surface area contributed by atoms with Crippen molar-refractivity contribution in [1.29, 1.82) is 0 Å². The van der Waals surface area contributed by atoms with Crippen molar-refractivity contribution in [3.05, 3.63) is 47.4 Å². The molecule has 24 heavy (non-hydrogen) atoms. The van der Waals surface area contributed by atoms with Crippen molar-refractivity contribution in [1.82, 2.24) is 39.5 Å². The Balaban J connectivity index is 1.81. The number of halogens is 2. The predicted octanol–water partition coefficient (Wildman–Crippen LogP) is 1.90. The average Bonchev–Trinajstić information content (AvgIpc) is 3.27. The van der Waals surface area contributed by atoms with Crippen LogP contribution in [0, 0.1) is 0 Å². The summed E-state index contributed by atoms with van der Waals surface area (Å²) in [5, 5.41) is 0.0357. The summed E-state index contributed by atoms with van der Waals surface area (Å²) in [5.41, 5.74) is 0. The average molecular weight is 360 g/mol. The summed E-state index contributed by atoms with van der Waals surface area (Å²) >= 11 is 12.0. The van der Waals surface area contributed by atoms with Crippen LogP contribution in [-0.4, -0.2) is 45.7 Å². The fourth-order valence-corrected chi connectivity index (χ4v) is 2.36. The largest absolute Gasteiger partial charge is 0.274 e. The van der Waals surface area contributed by atoms with Gasteiger partial charge in [-0.2, -0.15) is 19.9 Å². The molecule has 1 atom stereocenters. The van der Waals surface area contributed by atoms with E-state index in [-0.39, 0.29) is 28.1 Å². The normalized spacial score (nSPS) is 16.0. The molecule has 0 bridgehead atoms. The van der Waals surface area contributed by atoms with E-state index in [0.29, 0.717) is 11.8 Å². The summed E-state index contributed by atoms with van der Waals surface area (Å²) in [6, 6.07) is 0. The molecule has 0 saturated carbocycles. The molecule has 9 nitrogen and oxygen atoms in total. The fraction of sp³-hybridized carbons (Fsp3) is 0.0769. The van der Waals surface area contributed by atoms with E-state index in [0.717, 1.165) is 0 Å². The van der Waals surface area contributed by atoms with Gasteiger partial charge in [0.25, 0.3) is 0 Å². The van der Waals surface area contributed by atoms with E-state index in [1.165, 1.54) is 0 Å². The van der Waals surface area contributed by atoms with Gasteiger partial charge >= 0.3 is 0 Å². The van der Waals surface area contributed by atoms with E-state index in [4.69, 9.17) is 23.2 Å². The third kappa shape index (κ3) is 2.86. The highest BCUT2D eigenvalue weighted by Gasteiger charge is 2.18. The quantitative estimate of drug-likeness (QED) is 0.702. The second-order valence-electron chi connectivity index (χ2n) is 4.65. The maximum atomic E-state index is 6.01. The van der Waals surface area contributed by atoms with Crippen LogP contribution in [0.2, 0.25) is 10.6 Å². The van der Waals surface area contributed by atoms with Crippen molar-refractivity contribution < 1.29 is 0 Å². The topological polar surface area (TPSA) is 108 Å². The van der Waals surface area contributed by atoms with Gasteiger partial charge in [0.05, 0.1) is 5.92 Å². The molecular weight excluding hydrogens is 353 g/mol. The van der Waals surface area contributed by atoms with Crippen LogP contribution < -0.4 is 0 Å². The van der Waals surface area contributed by atoms with Crippen molar-refractivity contribution in [3.8, 4) is 17.6 Å². The number of nitrogens with zero attached hydrogens (tertiary/aromatic N) is 9. The van der Waals surface area contributed by atoms with Gasteiger partial charge in [-0.15, -0.1) is 0 Å². The van der Waals surface area contributed by atoms with Gasteiger partial charge in [-0.1, -0.05) is 6.08 Å². The van der Waals surface area contributed by atoms with Gasteiger partial charge in [0.2, 0.25) is 28.2 Å². The van der Waals surface area contributed by atoms with E-state index in [2.05, 4.69) is 39.9 Å². The molecule has 0 aromatic carbocycles. The smallest absolute Gasteiger partial charge is 0.239 e. The molecule has 0 saturated heterocycles. The molecule has 11 heteroatoms. The predicted molar refractivity (Wildman–Crippen MR) is 86.2 cm³/mol. The molecule has 3 aromatic heterocycles. The zero-order chi connectivity index (χ0) is 16.5. The van der Waals surface area contributed by atoms with Crippen molar-refractivity contribution >= 4 is 29.4 Å². The molecule has 4 rings (SSSR count). The number of allylic oxidation sites excluding steroid dienone is 1. The van der Waals surface area contributed by atoms with Crippen LogP contribution in [0.15, 0.2) is 36.0 Å². The molecule has 3 aromatic rings. The van der Waals surface area contributed by atoms with E-state index in [1.807, 2.05) is 6.08 Å². The van der Waals surface area contributed by atoms with Gasteiger partial charge in [-0.25, -0.2) is 15.0 Å². The Kier molecular flexibility index (Phi) is 3.71. The first kappa shape index (κ1) is 14.8. The van der Waals surface area contributed by atoms with Crippen LogP contribution in [0.3, 0.4) is 0 Å². The van der Waals surface area contributed by atoms with E-state index in [9.17, 15) is 0 Å². The van der Waals surface area contributed by atoms with Crippen molar-refractivity contribution in [2.45, 2.75) is 5.92 Å². The summed E-state index contributed by atoms with van der Waals surface area (Å²) in [4.78, 5) is 32.9. The number of rotatable bonds is 3. The van der Waals surface area contributed by atoms with Crippen LogP contribution in [0.25, 0.3) is 17.6 Å². The molecule has 0 aliphatic carbocycles. The Labute approximate surface area is 145 Å². The second kappa shape index (κ2) is 6.02. The molecule has 1 aliphatic rings. The summed E-state index contributed by atoms with van der Waals surface area (Å²) < 4.78 is 1.59. The van der Waals surface area contributed by atoms with Gasteiger partial charge in [-0.3, -0.25) is 9.56 Å². The molecule has 4 heterocycles. The third-order valence-electron chi connectivity index (χ3n) is 3.08. The van der Waals surface area contributed by atoms with Crippen LogP contribution in [0.4, 0.5) is 0 Å². The monoisotopic (exact) mass is 359 g/mol. The number of aliphatic imine (C=N–C) groups is 1. The number of hydrogen-bond donors (Lipinski definition) is 0. The lowest BCUT2D eigenvalue weighted by atomic mass is 10.2. The minimum atomic E-state index is -0.172. The zero-order valence-electron chi connectivity index (χ0n) is 11.8. The highest BCUT2D eigenvalue weighted by molar-refractivity contribution is 6.28. The molecule has 0 fully saturated rings. The van der Waals surface area contributed by atoms with E-state index >= 15 is 0 Å². The number of imidazole rings is 1. The minimum absolute atomic E-state index is 0.00381. The van der Waals surface area contributed by atoms with Crippen molar-refractivity contribution in [3.63, 3.8) is 0 Å². The molecule has 0 radical (unpaired) electrons. The third-order valence-corrected chi connectivity index (χ3v) is 3.42. The molecule has 0 spiro atoms. The summed E-state index contributed by atoms with van der Waals surface area (Å²) in [6.07, 6.45) is 10.0. The highest BCUT2D eigenvalue weighted by atomic mass is 35.5.